The number of ether oxygens (including phenoxy) is 2. The van der Waals surface area contributed by atoms with Crippen LogP contribution in [0.5, 0.6) is 5.75 Å². The molecule has 8 nitrogen and oxygen atoms in total. The summed E-state index contributed by atoms with van der Waals surface area (Å²) in [4.78, 5) is 9.45. The third kappa shape index (κ3) is 4.19. The van der Waals surface area contributed by atoms with Gasteiger partial charge in [0.2, 0.25) is 5.95 Å². The van der Waals surface area contributed by atoms with E-state index >= 15 is 0 Å². The van der Waals surface area contributed by atoms with Crippen LogP contribution >= 0.6 is 0 Å². The Morgan fingerprint density at radius 1 is 0.969 bits per heavy atom. The number of nitrogens with zero attached hydrogens (tertiary/aromatic N) is 4. The Morgan fingerprint density at radius 3 is 2.38 bits per heavy atom. The van der Waals surface area contributed by atoms with Gasteiger partial charge in [-0.2, -0.15) is 15.1 Å². The van der Waals surface area contributed by atoms with Crippen LogP contribution in [0.2, 0.25) is 0 Å². The maximum absolute atomic E-state index is 13.4. The molecule has 0 radical (unpaired) electrons. The van der Waals surface area contributed by atoms with Crippen LogP contribution < -0.4 is 15.4 Å². The molecule has 2 aromatic carbocycles. The van der Waals surface area contributed by atoms with Crippen LogP contribution in [-0.4, -0.2) is 40.1 Å². The number of nitrogens with one attached hydrogen (secondary N) is 2. The zero-order valence-electron chi connectivity index (χ0n) is 17.6. The average molecular weight is 434 g/mol. The first-order valence-electron chi connectivity index (χ1n) is 10.5. The van der Waals surface area contributed by atoms with E-state index in [1.165, 1.54) is 12.1 Å². The van der Waals surface area contributed by atoms with E-state index in [-0.39, 0.29) is 11.9 Å². The molecule has 2 aromatic heterocycles. The van der Waals surface area contributed by atoms with Crippen molar-refractivity contribution >= 4 is 34.2 Å². The molecule has 3 heterocycles. The van der Waals surface area contributed by atoms with Crippen molar-refractivity contribution in [3.63, 3.8) is 0 Å². The molecule has 4 aromatic rings. The Hall–Kier alpha value is -3.72. The number of hydrogen-bond acceptors (Lipinski definition) is 7. The van der Waals surface area contributed by atoms with Crippen LogP contribution in [0.1, 0.15) is 18.9 Å². The zero-order valence-corrected chi connectivity index (χ0v) is 17.6. The van der Waals surface area contributed by atoms with Gasteiger partial charge in [0.15, 0.2) is 5.65 Å². The number of fused-ring (bicyclic) bond motifs is 1. The van der Waals surface area contributed by atoms with Crippen LogP contribution in [-0.2, 0) is 4.74 Å². The van der Waals surface area contributed by atoms with Gasteiger partial charge in [-0.05, 0) is 61.4 Å². The van der Waals surface area contributed by atoms with Crippen molar-refractivity contribution in [3.05, 3.63) is 60.5 Å². The molecule has 0 unspecified atom stereocenters. The van der Waals surface area contributed by atoms with E-state index in [0.29, 0.717) is 25.0 Å². The SMILES string of the molecule is COc1ccc(Nc2nc(Nc3ccc(F)cc3)c3cnn(C4CCOCC4)c3n2)cc1. The van der Waals surface area contributed by atoms with Crippen molar-refractivity contribution in [2.75, 3.05) is 31.0 Å². The number of anilines is 4. The predicted molar refractivity (Wildman–Crippen MR) is 120 cm³/mol. The summed E-state index contributed by atoms with van der Waals surface area (Å²) in [6.07, 6.45) is 3.53. The summed E-state index contributed by atoms with van der Waals surface area (Å²) >= 11 is 0. The second-order valence-corrected chi connectivity index (χ2v) is 7.55. The van der Waals surface area contributed by atoms with Gasteiger partial charge in [0.1, 0.15) is 17.4 Å². The van der Waals surface area contributed by atoms with Crippen LogP contribution in [0.25, 0.3) is 11.0 Å². The Morgan fingerprint density at radius 2 is 1.66 bits per heavy atom. The van der Waals surface area contributed by atoms with E-state index in [0.717, 1.165) is 41.0 Å². The van der Waals surface area contributed by atoms with Gasteiger partial charge in [-0.15, -0.1) is 0 Å². The first-order chi connectivity index (χ1) is 15.7. The fourth-order valence-electron chi connectivity index (χ4n) is 3.75. The van der Waals surface area contributed by atoms with Gasteiger partial charge in [-0.1, -0.05) is 0 Å². The maximum atomic E-state index is 13.4. The Kier molecular flexibility index (Phi) is 5.55. The minimum absolute atomic E-state index is 0.212. The summed E-state index contributed by atoms with van der Waals surface area (Å²) in [5, 5.41) is 12.0. The second kappa shape index (κ2) is 8.80. The van der Waals surface area contributed by atoms with Crippen molar-refractivity contribution in [2.45, 2.75) is 18.9 Å². The average Bonchev–Trinajstić information content (AvgIpc) is 3.26. The minimum atomic E-state index is -0.294. The Balaban J connectivity index is 1.54. The smallest absolute Gasteiger partial charge is 0.231 e. The molecule has 0 saturated carbocycles. The van der Waals surface area contributed by atoms with E-state index in [9.17, 15) is 4.39 Å². The molecule has 9 heteroatoms. The topological polar surface area (TPSA) is 86.1 Å². The molecule has 164 valence electrons. The van der Waals surface area contributed by atoms with Gasteiger partial charge in [-0.25, -0.2) is 9.07 Å². The Bertz CT molecular complexity index is 1200. The number of halogens is 1. The molecule has 1 fully saturated rings. The summed E-state index contributed by atoms with van der Waals surface area (Å²) in [6, 6.07) is 13.9. The van der Waals surface area contributed by atoms with Crippen LogP contribution in [0.3, 0.4) is 0 Å². The van der Waals surface area contributed by atoms with Gasteiger partial charge in [0.25, 0.3) is 0 Å². The maximum Gasteiger partial charge on any atom is 0.231 e. The summed E-state index contributed by atoms with van der Waals surface area (Å²) < 4.78 is 26.0. The highest BCUT2D eigenvalue weighted by molar-refractivity contribution is 5.89. The normalized spacial score (nSPS) is 14.4. The first-order valence-corrected chi connectivity index (χ1v) is 10.5. The minimum Gasteiger partial charge on any atom is -0.497 e. The summed E-state index contributed by atoms with van der Waals surface area (Å²) in [5.74, 6) is 1.50. The van der Waals surface area contributed by atoms with Gasteiger partial charge in [0.05, 0.1) is 24.7 Å². The fraction of sp³-hybridized carbons (Fsp3) is 0.261. The number of benzene rings is 2. The second-order valence-electron chi connectivity index (χ2n) is 7.55. The van der Waals surface area contributed by atoms with Crippen LogP contribution in [0.15, 0.2) is 54.7 Å². The molecule has 0 spiro atoms. The van der Waals surface area contributed by atoms with Crippen molar-refractivity contribution in [2.24, 2.45) is 0 Å². The molecule has 0 bridgehead atoms. The molecule has 32 heavy (non-hydrogen) atoms. The molecule has 0 amide bonds. The van der Waals surface area contributed by atoms with Crippen molar-refractivity contribution < 1.29 is 13.9 Å². The number of methoxy groups -OCH3 is 1. The largest absolute Gasteiger partial charge is 0.497 e. The zero-order chi connectivity index (χ0) is 21.9. The predicted octanol–water partition coefficient (Wildman–Crippen LogP) is 4.81. The lowest BCUT2D eigenvalue weighted by Gasteiger charge is -2.22. The van der Waals surface area contributed by atoms with E-state index in [1.807, 2.05) is 28.9 Å². The van der Waals surface area contributed by atoms with E-state index in [2.05, 4.69) is 20.7 Å². The highest BCUT2D eigenvalue weighted by Gasteiger charge is 2.21. The molecule has 1 saturated heterocycles. The monoisotopic (exact) mass is 434 g/mol. The van der Waals surface area contributed by atoms with Crippen molar-refractivity contribution in [3.8, 4) is 5.75 Å². The highest BCUT2D eigenvalue weighted by atomic mass is 19.1. The highest BCUT2D eigenvalue weighted by Crippen LogP contribution is 2.30. The molecule has 1 aliphatic heterocycles. The molecule has 1 aliphatic rings. The van der Waals surface area contributed by atoms with Gasteiger partial charge < -0.3 is 20.1 Å². The van der Waals surface area contributed by atoms with Crippen LogP contribution in [0, 0.1) is 5.82 Å². The third-order valence-electron chi connectivity index (χ3n) is 5.44. The van der Waals surface area contributed by atoms with E-state index < -0.39 is 0 Å². The van der Waals surface area contributed by atoms with Crippen molar-refractivity contribution in [1.29, 1.82) is 0 Å². The summed E-state index contributed by atoms with van der Waals surface area (Å²) in [6.45, 7) is 1.41. The molecule has 0 aliphatic carbocycles. The van der Waals surface area contributed by atoms with Crippen molar-refractivity contribution in [1.82, 2.24) is 19.7 Å². The Labute approximate surface area is 184 Å². The lowest BCUT2D eigenvalue weighted by atomic mass is 10.1. The van der Waals surface area contributed by atoms with E-state index in [1.54, 1.807) is 25.4 Å². The fourth-order valence-corrected chi connectivity index (χ4v) is 3.75. The number of aromatic nitrogens is 4. The molecule has 0 atom stereocenters. The lowest BCUT2D eigenvalue weighted by molar-refractivity contribution is 0.0673. The van der Waals surface area contributed by atoms with Gasteiger partial charge in [0, 0.05) is 24.6 Å². The molecule has 2 N–H and O–H groups in total. The molecular formula is C23H23FN6O2. The van der Waals surface area contributed by atoms with Crippen LogP contribution in [0.4, 0.5) is 27.5 Å². The summed E-state index contributed by atoms with van der Waals surface area (Å²) in [5.41, 5.74) is 2.28. The van der Waals surface area contributed by atoms with Gasteiger partial charge in [-0.3, -0.25) is 0 Å². The standard InChI is InChI=1S/C23H23FN6O2/c1-31-19-8-6-17(7-9-19)27-23-28-21(26-16-4-2-15(24)3-5-16)20-14-25-30(22(20)29-23)18-10-12-32-13-11-18/h2-9,14,18H,10-13H2,1H3,(H2,26,27,28,29). The van der Waals surface area contributed by atoms with E-state index in [4.69, 9.17) is 14.5 Å². The quantitative estimate of drug-likeness (QED) is 0.450. The number of rotatable bonds is 6. The lowest BCUT2D eigenvalue weighted by Crippen LogP contribution is -2.20. The molecular weight excluding hydrogens is 411 g/mol. The summed E-state index contributed by atoms with van der Waals surface area (Å²) in [7, 11) is 1.63. The first kappa shape index (κ1) is 20.2. The van der Waals surface area contributed by atoms with Gasteiger partial charge >= 0.3 is 0 Å². The molecule has 5 rings (SSSR count). The third-order valence-corrected chi connectivity index (χ3v) is 5.44. The number of hydrogen-bond donors (Lipinski definition) is 2.